The maximum atomic E-state index is 6.04. The summed E-state index contributed by atoms with van der Waals surface area (Å²) in [4.78, 5) is 2.50. The van der Waals surface area contributed by atoms with Gasteiger partial charge in [0.05, 0.1) is 6.10 Å². The Morgan fingerprint density at radius 1 is 1.33 bits per heavy atom. The SMILES string of the molecule is CB1O[C@@H](c2ccccc2)[C@@H]2CCCN12. The van der Waals surface area contributed by atoms with Crippen LogP contribution in [0.1, 0.15) is 24.5 Å². The van der Waals surface area contributed by atoms with E-state index in [1.807, 2.05) is 0 Å². The summed E-state index contributed by atoms with van der Waals surface area (Å²) in [6.07, 6.45) is 2.90. The summed E-state index contributed by atoms with van der Waals surface area (Å²) in [5.41, 5.74) is 1.33. The van der Waals surface area contributed by atoms with Crippen molar-refractivity contribution in [2.45, 2.75) is 31.8 Å². The van der Waals surface area contributed by atoms with Gasteiger partial charge in [-0.3, -0.25) is 0 Å². The molecule has 2 heterocycles. The van der Waals surface area contributed by atoms with Gasteiger partial charge in [-0.05, 0) is 31.8 Å². The number of nitrogens with zero attached hydrogens (tertiary/aromatic N) is 1. The molecule has 2 atom stereocenters. The lowest BCUT2D eigenvalue weighted by Gasteiger charge is -2.19. The molecule has 3 heteroatoms. The monoisotopic (exact) mass is 201 g/mol. The lowest BCUT2D eigenvalue weighted by Crippen LogP contribution is -2.33. The number of benzene rings is 1. The molecule has 2 fully saturated rings. The van der Waals surface area contributed by atoms with Crippen LogP contribution in [-0.4, -0.2) is 24.4 Å². The minimum absolute atomic E-state index is 0.294. The fraction of sp³-hybridized carbons (Fsp3) is 0.500. The van der Waals surface area contributed by atoms with E-state index in [1.54, 1.807) is 0 Å². The Hall–Kier alpha value is -0.795. The molecule has 0 saturated carbocycles. The van der Waals surface area contributed by atoms with Crippen LogP contribution in [0.5, 0.6) is 0 Å². The highest BCUT2D eigenvalue weighted by atomic mass is 16.5. The molecule has 0 radical (unpaired) electrons. The molecule has 3 rings (SSSR count). The van der Waals surface area contributed by atoms with E-state index in [2.05, 4.69) is 42.0 Å². The molecule has 1 aromatic carbocycles. The van der Waals surface area contributed by atoms with Gasteiger partial charge in [-0.15, -0.1) is 0 Å². The van der Waals surface area contributed by atoms with Crippen LogP contribution in [-0.2, 0) is 4.65 Å². The molecule has 2 saturated heterocycles. The number of fused-ring (bicyclic) bond motifs is 1. The van der Waals surface area contributed by atoms with Crippen molar-refractivity contribution in [3.63, 3.8) is 0 Å². The van der Waals surface area contributed by atoms with Crippen LogP contribution in [0, 0.1) is 0 Å². The molecule has 2 nitrogen and oxygen atoms in total. The topological polar surface area (TPSA) is 12.5 Å². The molecule has 0 amide bonds. The van der Waals surface area contributed by atoms with E-state index in [9.17, 15) is 0 Å². The molecule has 0 unspecified atom stereocenters. The van der Waals surface area contributed by atoms with Crippen molar-refractivity contribution in [3.8, 4) is 0 Å². The highest BCUT2D eigenvalue weighted by Gasteiger charge is 2.45. The molecule has 0 aliphatic carbocycles. The minimum atomic E-state index is 0.294. The summed E-state index contributed by atoms with van der Waals surface area (Å²) in [7, 11) is 0.294. The van der Waals surface area contributed by atoms with Crippen LogP contribution in [0.4, 0.5) is 0 Å². The first-order valence-electron chi connectivity index (χ1n) is 5.82. The summed E-state index contributed by atoms with van der Waals surface area (Å²) in [5, 5.41) is 0. The van der Waals surface area contributed by atoms with Crippen molar-refractivity contribution in [3.05, 3.63) is 35.9 Å². The fourth-order valence-corrected chi connectivity index (χ4v) is 2.92. The summed E-state index contributed by atoms with van der Waals surface area (Å²) in [6.45, 7) is 3.37. The zero-order valence-corrected chi connectivity index (χ0v) is 9.10. The third kappa shape index (κ3) is 1.50. The van der Waals surface area contributed by atoms with Gasteiger partial charge in [-0.2, -0.15) is 0 Å². The van der Waals surface area contributed by atoms with Gasteiger partial charge >= 0.3 is 7.05 Å². The second-order valence-electron chi connectivity index (χ2n) is 4.51. The number of rotatable bonds is 1. The van der Waals surface area contributed by atoms with E-state index < -0.39 is 0 Å². The normalized spacial score (nSPS) is 30.9. The van der Waals surface area contributed by atoms with E-state index in [4.69, 9.17) is 4.65 Å². The van der Waals surface area contributed by atoms with Gasteiger partial charge in [-0.25, -0.2) is 0 Å². The summed E-state index contributed by atoms with van der Waals surface area (Å²) in [5.74, 6) is 0. The average Bonchev–Trinajstić information content (AvgIpc) is 2.84. The van der Waals surface area contributed by atoms with Gasteiger partial charge < -0.3 is 9.47 Å². The fourth-order valence-electron chi connectivity index (χ4n) is 2.92. The predicted octanol–water partition coefficient (Wildman–Crippen LogP) is 2.34. The molecule has 2 aliphatic heterocycles. The Morgan fingerprint density at radius 3 is 2.93 bits per heavy atom. The molecule has 2 aliphatic rings. The van der Waals surface area contributed by atoms with E-state index in [-0.39, 0.29) is 0 Å². The smallest absolute Gasteiger partial charge is 0.379 e. The minimum Gasteiger partial charge on any atom is -0.413 e. The standard InChI is InChI=1S/C12H16BNO/c1-13-14-9-5-8-11(14)12(15-13)10-6-3-2-4-7-10/h2-4,6-7,11-12H,5,8-9H2,1H3/t11-,12-/m0/s1. The van der Waals surface area contributed by atoms with Crippen LogP contribution < -0.4 is 0 Å². The summed E-state index contributed by atoms with van der Waals surface area (Å²) in [6, 6.07) is 11.2. The number of hydrogen-bond donors (Lipinski definition) is 0. The lowest BCUT2D eigenvalue weighted by atomic mass is 9.86. The molecule has 0 spiro atoms. The van der Waals surface area contributed by atoms with Gasteiger partial charge in [-0.1, -0.05) is 30.3 Å². The van der Waals surface area contributed by atoms with E-state index >= 15 is 0 Å². The first kappa shape index (κ1) is 9.43. The van der Waals surface area contributed by atoms with E-state index in [1.165, 1.54) is 24.9 Å². The molecule has 0 N–H and O–H groups in total. The molecule has 0 bridgehead atoms. The van der Waals surface area contributed by atoms with Crippen molar-refractivity contribution in [2.24, 2.45) is 0 Å². The van der Waals surface area contributed by atoms with E-state index in [0.717, 1.165) is 0 Å². The van der Waals surface area contributed by atoms with Crippen LogP contribution in [0.15, 0.2) is 30.3 Å². The lowest BCUT2D eigenvalue weighted by molar-refractivity contribution is 0.206. The quantitative estimate of drug-likeness (QED) is 0.646. The second-order valence-corrected chi connectivity index (χ2v) is 4.51. The first-order chi connectivity index (χ1) is 7.36. The summed E-state index contributed by atoms with van der Waals surface area (Å²) < 4.78 is 6.04. The van der Waals surface area contributed by atoms with Gasteiger partial charge in [0, 0.05) is 6.04 Å². The maximum absolute atomic E-state index is 6.04. The van der Waals surface area contributed by atoms with Gasteiger partial charge in [0.15, 0.2) is 0 Å². The molecule has 15 heavy (non-hydrogen) atoms. The van der Waals surface area contributed by atoms with E-state index in [0.29, 0.717) is 19.2 Å². The summed E-state index contributed by atoms with van der Waals surface area (Å²) >= 11 is 0. The third-order valence-corrected chi connectivity index (χ3v) is 3.63. The number of hydrogen-bond acceptors (Lipinski definition) is 2. The predicted molar refractivity (Wildman–Crippen MR) is 61.6 cm³/mol. The van der Waals surface area contributed by atoms with Gasteiger partial charge in [0.2, 0.25) is 0 Å². The van der Waals surface area contributed by atoms with Crippen LogP contribution in [0.3, 0.4) is 0 Å². The first-order valence-corrected chi connectivity index (χ1v) is 5.82. The largest absolute Gasteiger partial charge is 0.413 e. The molecular weight excluding hydrogens is 185 g/mol. The Kier molecular flexibility index (Phi) is 2.30. The van der Waals surface area contributed by atoms with Crippen molar-refractivity contribution >= 4 is 7.05 Å². The zero-order valence-electron chi connectivity index (χ0n) is 9.10. The molecule has 1 aromatic rings. The van der Waals surface area contributed by atoms with Crippen molar-refractivity contribution in [1.29, 1.82) is 0 Å². The second kappa shape index (κ2) is 3.65. The van der Waals surface area contributed by atoms with Gasteiger partial charge in [0.1, 0.15) is 0 Å². The zero-order chi connectivity index (χ0) is 10.3. The van der Waals surface area contributed by atoms with Crippen LogP contribution in [0.2, 0.25) is 6.82 Å². The Bertz CT molecular complexity index is 343. The van der Waals surface area contributed by atoms with Crippen LogP contribution in [0.25, 0.3) is 0 Å². The third-order valence-electron chi connectivity index (χ3n) is 3.63. The Labute approximate surface area is 91.4 Å². The maximum Gasteiger partial charge on any atom is 0.379 e. The van der Waals surface area contributed by atoms with Crippen molar-refractivity contribution < 1.29 is 4.65 Å². The van der Waals surface area contributed by atoms with Crippen molar-refractivity contribution in [1.82, 2.24) is 4.81 Å². The molecule has 78 valence electrons. The molecule has 0 aromatic heterocycles. The Balaban J connectivity index is 1.88. The van der Waals surface area contributed by atoms with Gasteiger partial charge in [0.25, 0.3) is 0 Å². The average molecular weight is 201 g/mol. The highest BCUT2D eigenvalue weighted by molar-refractivity contribution is 6.47. The highest BCUT2D eigenvalue weighted by Crippen LogP contribution is 2.38. The molecular formula is C12H16BNO. The van der Waals surface area contributed by atoms with Crippen LogP contribution >= 0.6 is 0 Å². The Morgan fingerprint density at radius 2 is 2.13 bits per heavy atom. The van der Waals surface area contributed by atoms with Crippen molar-refractivity contribution in [2.75, 3.05) is 6.54 Å².